The van der Waals surface area contributed by atoms with Crippen molar-refractivity contribution in [3.63, 3.8) is 0 Å². The number of benzene rings is 6. The van der Waals surface area contributed by atoms with Gasteiger partial charge in [-0.1, -0.05) is 136 Å². The maximum absolute atomic E-state index is 14.6. The number of hydrogen-bond acceptors (Lipinski definition) is 2. The minimum absolute atomic E-state index is 0.0463. The summed E-state index contributed by atoms with van der Waals surface area (Å²) < 4.78 is 2.22. The summed E-state index contributed by atoms with van der Waals surface area (Å²) in [6.07, 6.45) is -1.20. The first-order chi connectivity index (χ1) is 22.3. The van der Waals surface area contributed by atoms with Crippen molar-refractivity contribution in [2.45, 2.75) is 32.4 Å². The van der Waals surface area contributed by atoms with Crippen molar-refractivity contribution >= 4 is 33.4 Å². The Balaban J connectivity index is 1.39. The Morgan fingerprint density at radius 3 is 1.80 bits per heavy atom. The quantitative estimate of drug-likeness (QED) is 0.219. The zero-order valence-electron chi connectivity index (χ0n) is 26.1. The molecule has 1 aliphatic rings. The van der Waals surface area contributed by atoms with Crippen LogP contribution in [0.4, 0.5) is 5.69 Å². The van der Waals surface area contributed by atoms with Crippen LogP contribution < -0.4 is 4.90 Å². The van der Waals surface area contributed by atoms with Gasteiger partial charge in [0.25, 0.3) is 5.91 Å². The molecule has 1 unspecified atom stereocenters. The number of aliphatic hydroxyl groups excluding tert-OH is 1. The number of rotatable bonds is 4. The zero-order valence-corrected chi connectivity index (χ0v) is 26.1. The van der Waals surface area contributed by atoms with Crippen molar-refractivity contribution in [1.82, 2.24) is 4.57 Å². The van der Waals surface area contributed by atoms with E-state index in [0.717, 1.165) is 49.7 Å². The maximum atomic E-state index is 14.6. The highest BCUT2D eigenvalue weighted by atomic mass is 16.3. The van der Waals surface area contributed by atoms with Gasteiger partial charge in [-0.3, -0.25) is 9.69 Å². The minimum Gasteiger partial charge on any atom is -0.369 e. The lowest BCUT2D eigenvalue weighted by molar-refractivity contribution is 0.0935. The van der Waals surface area contributed by atoms with Gasteiger partial charge < -0.3 is 9.67 Å². The van der Waals surface area contributed by atoms with Crippen molar-refractivity contribution in [1.29, 1.82) is 0 Å². The second-order valence-electron chi connectivity index (χ2n) is 13.1. The van der Waals surface area contributed by atoms with Gasteiger partial charge in [0, 0.05) is 33.0 Å². The molecule has 0 radical (unpaired) electrons. The van der Waals surface area contributed by atoms with Gasteiger partial charge >= 0.3 is 0 Å². The smallest absolute Gasteiger partial charge is 0.261 e. The first-order valence-electron chi connectivity index (χ1n) is 15.8. The average molecular weight is 599 g/mol. The highest BCUT2D eigenvalue weighted by Crippen LogP contribution is 2.48. The molecule has 1 aromatic heterocycles. The molecule has 4 nitrogen and oxygen atoms in total. The molecule has 1 aliphatic heterocycles. The van der Waals surface area contributed by atoms with Crippen molar-refractivity contribution < 1.29 is 9.90 Å². The van der Waals surface area contributed by atoms with Crippen LogP contribution in [0.2, 0.25) is 0 Å². The molecule has 2 heterocycles. The molecule has 1 atom stereocenters. The van der Waals surface area contributed by atoms with Gasteiger partial charge in [0.05, 0.1) is 22.4 Å². The first-order valence-corrected chi connectivity index (χ1v) is 15.8. The third-order valence-electron chi connectivity index (χ3n) is 9.26. The molecule has 0 bridgehead atoms. The number of aromatic nitrogens is 1. The van der Waals surface area contributed by atoms with Crippen molar-refractivity contribution in [3.05, 3.63) is 156 Å². The van der Waals surface area contributed by atoms with Gasteiger partial charge in [0.15, 0.2) is 6.23 Å². The fraction of sp³-hybridized carbons (Fsp3) is 0.119. The Kier molecular flexibility index (Phi) is 6.45. The normalized spacial score (nSPS) is 14.7. The molecule has 7 aromatic rings. The third-order valence-corrected chi connectivity index (χ3v) is 9.26. The van der Waals surface area contributed by atoms with Crippen LogP contribution in [0.5, 0.6) is 0 Å². The zero-order chi connectivity index (χ0) is 31.6. The van der Waals surface area contributed by atoms with Crippen LogP contribution in [0.25, 0.3) is 49.7 Å². The van der Waals surface area contributed by atoms with E-state index in [9.17, 15) is 9.90 Å². The Hall–Kier alpha value is -5.45. The van der Waals surface area contributed by atoms with E-state index in [1.54, 1.807) is 4.90 Å². The van der Waals surface area contributed by atoms with E-state index in [0.29, 0.717) is 16.8 Å². The van der Waals surface area contributed by atoms with Gasteiger partial charge in [-0.25, -0.2) is 0 Å². The molecule has 0 saturated carbocycles. The van der Waals surface area contributed by atoms with Crippen molar-refractivity contribution in [2.24, 2.45) is 0 Å². The minimum atomic E-state index is -1.20. The maximum Gasteiger partial charge on any atom is 0.261 e. The summed E-state index contributed by atoms with van der Waals surface area (Å²) in [5, 5.41) is 14.7. The second kappa shape index (κ2) is 10.6. The van der Waals surface area contributed by atoms with E-state index in [1.807, 2.05) is 103 Å². The van der Waals surface area contributed by atoms with Gasteiger partial charge in [-0.15, -0.1) is 0 Å². The summed E-state index contributed by atoms with van der Waals surface area (Å²) in [4.78, 5) is 16.2. The number of amides is 1. The first kappa shape index (κ1) is 28.1. The molecule has 0 saturated heterocycles. The van der Waals surface area contributed by atoms with Crippen LogP contribution in [0.3, 0.4) is 0 Å². The van der Waals surface area contributed by atoms with E-state index in [2.05, 4.69) is 61.7 Å². The summed E-state index contributed by atoms with van der Waals surface area (Å²) in [6.45, 7) is 6.66. The van der Waals surface area contributed by atoms with Gasteiger partial charge in [-0.2, -0.15) is 0 Å². The predicted octanol–water partition coefficient (Wildman–Crippen LogP) is 10.1. The highest BCUT2D eigenvalue weighted by Gasteiger charge is 2.41. The van der Waals surface area contributed by atoms with Crippen LogP contribution in [0.15, 0.2) is 140 Å². The number of fused-ring (bicyclic) bond motifs is 4. The van der Waals surface area contributed by atoms with Crippen LogP contribution in [0, 0.1) is 0 Å². The molecule has 4 heteroatoms. The van der Waals surface area contributed by atoms with E-state index < -0.39 is 6.23 Å². The Morgan fingerprint density at radius 1 is 0.587 bits per heavy atom. The fourth-order valence-corrected chi connectivity index (χ4v) is 7.00. The second-order valence-corrected chi connectivity index (χ2v) is 13.1. The number of aliphatic hydroxyl groups is 1. The summed E-state index contributed by atoms with van der Waals surface area (Å²) in [6, 6.07) is 47.0. The van der Waals surface area contributed by atoms with Gasteiger partial charge in [-0.05, 0) is 46.4 Å². The molecule has 0 fully saturated rings. The van der Waals surface area contributed by atoms with Crippen LogP contribution in [-0.4, -0.2) is 15.6 Å². The van der Waals surface area contributed by atoms with Crippen LogP contribution >= 0.6 is 0 Å². The summed E-state index contributed by atoms with van der Waals surface area (Å²) in [5.74, 6) is -0.221. The van der Waals surface area contributed by atoms with Crippen molar-refractivity contribution in [2.75, 3.05) is 4.90 Å². The predicted molar refractivity (Wildman–Crippen MR) is 189 cm³/mol. The largest absolute Gasteiger partial charge is 0.369 e. The lowest BCUT2D eigenvalue weighted by Crippen LogP contribution is -2.29. The molecule has 46 heavy (non-hydrogen) atoms. The number of carbonyl (C=O) groups is 1. The van der Waals surface area contributed by atoms with Gasteiger partial charge in [0.2, 0.25) is 0 Å². The molecule has 8 rings (SSSR count). The number of anilines is 1. The molecule has 224 valence electrons. The molecular weight excluding hydrogens is 564 g/mol. The summed E-state index contributed by atoms with van der Waals surface area (Å²) in [7, 11) is 0. The van der Waals surface area contributed by atoms with Crippen molar-refractivity contribution in [3.8, 4) is 27.9 Å². The number of nitrogens with zero attached hydrogens (tertiary/aromatic N) is 2. The average Bonchev–Trinajstić information content (AvgIpc) is 3.55. The van der Waals surface area contributed by atoms with E-state index in [-0.39, 0.29) is 11.3 Å². The number of hydrogen-bond donors (Lipinski definition) is 1. The van der Waals surface area contributed by atoms with E-state index in [4.69, 9.17) is 0 Å². The third kappa shape index (κ3) is 4.29. The fourth-order valence-electron chi connectivity index (χ4n) is 7.00. The van der Waals surface area contributed by atoms with E-state index in [1.165, 1.54) is 5.56 Å². The summed E-state index contributed by atoms with van der Waals surface area (Å²) >= 11 is 0. The molecular formula is C42H34N2O2. The van der Waals surface area contributed by atoms with E-state index >= 15 is 0 Å². The van der Waals surface area contributed by atoms with Crippen LogP contribution in [0.1, 0.15) is 48.5 Å². The van der Waals surface area contributed by atoms with Gasteiger partial charge in [0.1, 0.15) is 0 Å². The molecule has 0 spiro atoms. The SMILES string of the molecule is CC(C)(C)c1ccc2c3ccccc3n(-c3cccc4c3C(O)N(c3c(-c5ccccc5)cccc3-c3ccccc3)C4=O)c2c1. The lowest BCUT2D eigenvalue weighted by atomic mass is 9.86. The highest BCUT2D eigenvalue weighted by molar-refractivity contribution is 6.16. The Morgan fingerprint density at radius 2 is 1.15 bits per heavy atom. The number of para-hydroxylation sites is 2. The lowest BCUT2D eigenvalue weighted by Gasteiger charge is -2.27. The van der Waals surface area contributed by atoms with Crippen LogP contribution in [-0.2, 0) is 5.41 Å². The topological polar surface area (TPSA) is 45.5 Å². The summed E-state index contributed by atoms with van der Waals surface area (Å²) in [5.41, 5.74) is 9.59. The Labute approximate surface area is 268 Å². The molecule has 0 aliphatic carbocycles. The molecule has 1 N–H and O–H groups in total. The Bertz CT molecular complexity index is 2220. The monoisotopic (exact) mass is 598 g/mol. The molecule has 1 amide bonds. The standard InChI is InChI=1S/C42H34N2O2/c1-42(2,3)29-24-25-33-32-18-10-11-22-35(32)43(37(33)26-29)36-23-13-21-34-38(36)41(46)44(40(34)45)39-30(27-14-6-4-7-15-27)19-12-20-31(39)28-16-8-5-9-17-28/h4-26,41,46H,1-3H3. The number of carbonyl (C=O) groups excluding carboxylic acids is 1. The molecule has 6 aromatic carbocycles.